The normalized spacial score (nSPS) is 10.8. The highest BCUT2D eigenvalue weighted by Gasteiger charge is 2.00. The standard InChI is InChI=1S/C8H10N4/c1-2-3-8-9-4-7-5-10-11-6-12(7)8/h4-6H,2-3H2,1H3. The SMILES string of the molecule is CCCc1ncc2cnncn12. The lowest BCUT2D eigenvalue weighted by Gasteiger charge is -1.95. The second-order valence-corrected chi connectivity index (χ2v) is 2.69. The molecule has 12 heavy (non-hydrogen) atoms. The largest absolute Gasteiger partial charge is 0.284 e. The Bertz CT molecular complexity index is 379. The number of imidazole rings is 1. The van der Waals surface area contributed by atoms with Crippen LogP contribution in [0.4, 0.5) is 0 Å². The quantitative estimate of drug-likeness (QED) is 0.663. The average Bonchev–Trinajstić information content (AvgIpc) is 2.50. The van der Waals surface area contributed by atoms with Gasteiger partial charge in [0.15, 0.2) is 0 Å². The van der Waals surface area contributed by atoms with Crippen LogP contribution >= 0.6 is 0 Å². The van der Waals surface area contributed by atoms with E-state index < -0.39 is 0 Å². The van der Waals surface area contributed by atoms with Gasteiger partial charge in [-0.25, -0.2) is 4.98 Å². The Labute approximate surface area is 70.3 Å². The minimum Gasteiger partial charge on any atom is -0.284 e. The zero-order chi connectivity index (χ0) is 8.39. The van der Waals surface area contributed by atoms with Gasteiger partial charge in [-0.3, -0.25) is 4.40 Å². The zero-order valence-corrected chi connectivity index (χ0v) is 6.94. The van der Waals surface area contributed by atoms with Crippen LogP contribution in [0, 0.1) is 0 Å². The van der Waals surface area contributed by atoms with E-state index in [1.807, 2.05) is 10.6 Å². The molecule has 2 aromatic heterocycles. The Kier molecular flexibility index (Phi) is 1.74. The molecule has 2 rings (SSSR count). The topological polar surface area (TPSA) is 43.1 Å². The fourth-order valence-electron chi connectivity index (χ4n) is 1.23. The molecular weight excluding hydrogens is 152 g/mol. The number of rotatable bonds is 2. The predicted molar refractivity (Wildman–Crippen MR) is 44.8 cm³/mol. The van der Waals surface area contributed by atoms with E-state index in [9.17, 15) is 0 Å². The van der Waals surface area contributed by atoms with Gasteiger partial charge in [-0.15, -0.1) is 5.10 Å². The lowest BCUT2D eigenvalue weighted by Crippen LogP contribution is -1.95. The smallest absolute Gasteiger partial charge is 0.124 e. The molecule has 4 nitrogen and oxygen atoms in total. The zero-order valence-electron chi connectivity index (χ0n) is 6.94. The van der Waals surface area contributed by atoms with Crippen LogP contribution in [0.25, 0.3) is 5.52 Å². The molecule has 0 radical (unpaired) electrons. The summed E-state index contributed by atoms with van der Waals surface area (Å²) >= 11 is 0. The second-order valence-electron chi connectivity index (χ2n) is 2.69. The lowest BCUT2D eigenvalue weighted by molar-refractivity contribution is 0.810. The van der Waals surface area contributed by atoms with Crippen molar-refractivity contribution < 1.29 is 0 Å². The third-order valence-corrected chi connectivity index (χ3v) is 1.80. The summed E-state index contributed by atoms with van der Waals surface area (Å²) in [7, 11) is 0. The van der Waals surface area contributed by atoms with Crippen molar-refractivity contribution in [2.45, 2.75) is 19.8 Å². The molecule has 2 aromatic rings. The van der Waals surface area contributed by atoms with Gasteiger partial charge in [0.2, 0.25) is 0 Å². The summed E-state index contributed by atoms with van der Waals surface area (Å²) in [6.07, 6.45) is 7.32. The summed E-state index contributed by atoms with van der Waals surface area (Å²) in [5.41, 5.74) is 1.01. The summed E-state index contributed by atoms with van der Waals surface area (Å²) in [5, 5.41) is 7.58. The summed E-state index contributed by atoms with van der Waals surface area (Å²) in [5.74, 6) is 1.06. The van der Waals surface area contributed by atoms with Gasteiger partial charge >= 0.3 is 0 Å². The van der Waals surface area contributed by atoms with Crippen LogP contribution in [-0.2, 0) is 6.42 Å². The van der Waals surface area contributed by atoms with Crippen LogP contribution in [0.5, 0.6) is 0 Å². The summed E-state index contributed by atoms with van der Waals surface area (Å²) < 4.78 is 1.97. The van der Waals surface area contributed by atoms with Gasteiger partial charge < -0.3 is 0 Å². The molecule has 0 N–H and O–H groups in total. The summed E-state index contributed by atoms with van der Waals surface area (Å²) in [4.78, 5) is 4.27. The van der Waals surface area contributed by atoms with Crippen LogP contribution in [0.2, 0.25) is 0 Å². The lowest BCUT2D eigenvalue weighted by atomic mass is 10.3. The van der Waals surface area contributed by atoms with Crippen molar-refractivity contribution in [3.8, 4) is 0 Å². The molecule has 0 spiro atoms. The van der Waals surface area contributed by atoms with E-state index in [1.54, 1.807) is 12.5 Å². The number of hydrogen-bond donors (Lipinski definition) is 0. The number of fused-ring (bicyclic) bond motifs is 1. The second kappa shape index (κ2) is 2.89. The molecule has 0 aromatic carbocycles. The summed E-state index contributed by atoms with van der Waals surface area (Å²) in [6.45, 7) is 2.13. The van der Waals surface area contributed by atoms with Crippen molar-refractivity contribution >= 4 is 5.52 Å². The minimum atomic E-state index is 0.986. The number of hydrogen-bond acceptors (Lipinski definition) is 3. The first-order chi connectivity index (χ1) is 5.92. The van der Waals surface area contributed by atoms with E-state index >= 15 is 0 Å². The van der Waals surface area contributed by atoms with Crippen molar-refractivity contribution in [1.29, 1.82) is 0 Å². The maximum Gasteiger partial charge on any atom is 0.124 e. The van der Waals surface area contributed by atoms with Gasteiger partial charge in [0.1, 0.15) is 12.2 Å². The van der Waals surface area contributed by atoms with E-state index in [4.69, 9.17) is 0 Å². The Morgan fingerprint density at radius 2 is 2.25 bits per heavy atom. The van der Waals surface area contributed by atoms with E-state index in [-0.39, 0.29) is 0 Å². The van der Waals surface area contributed by atoms with Gasteiger partial charge in [0.25, 0.3) is 0 Å². The molecule has 0 aliphatic carbocycles. The van der Waals surface area contributed by atoms with Crippen LogP contribution in [0.15, 0.2) is 18.7 Å². The monoisotopic (exact) mass is 162 g/mol. The maximum atomic E-state index is 4.27. The minimum absolute atomic E-state index is 0.986. The first-order valence-corrected chi connectivity index (χ1v) is 4.04. The van der Waals surface area contributed by atoms with E-state index in [2.05, 4.69) is 22.1 Å². The third-order valence-electron chi connectivity index (χ3n) is 1.80. The number of nitrogens with zero attached hydrogens (tertiary/aromatic N) is 4. The fourth-order valence-corrected chi connectivity index (χ4v) is 1.23. The molecule has 4 heteroatoms. The third kappa shape index (κ3) is 1.05. The molecular formula is C8H10N4. The molecule has 0 aliphatic heterocycles. The van der Waals surface area contributed by atoms with Crippen molar-refractivity contribution in [1.82, 2.24) is 19.6 Å². The molecule has 62 valence electrons. The van der Waals surface area contributed by atoms with Gasteiger partial charge in [0, 0.05) is 6.42 Å². The van der Waals surface area contributed by atoms with Crippen LogP contribution in [-0.4, -0.2) is 19.6 Å². The Morgan fingerprint density at radius 1 is 1.33 bits per heavy atom. The van der Waals surface area contributed by atoms with Crippen LogP contribution < -0.4 is 0 Å². The van der Waals surface area contributed by atoms with Crippen molar-refractivity contribution in [3.05, 3.63) is 24.5 Å². The van der Waals surface area contributed by atoms with E-state index in [0.29, 0.717) is 0 Å². The van der Waals surface area contributed by atoms with Crippen molar-refractivity contribution in [2.24, 2.45) is 0 Å². The number of aromatic nitrogens is 4. The molecule has 0 unspecified atom stereocenters. The average molecular weight is 162 g/mol. The molecule has 0 amide bonds. The maximum absolute atomic E-state index is 4.27. The highest BCUT2D eigenvalue weighted by molar-refractivity contribution is 5.42. The summed E-state index contributed by atoms with van der Waals surface area (Å²) in [6, 6.07) is 0. The molecule has 2 heterocycles. The predicted octanol–water partition coefficient (Wildman–Crippen LogP) is 1.08. The number of aryl methyl sites for hydroxylation is 1. The van der Waals surface area contributed by atoms with Gasteiger partial charge in [-0.2, -0.15) is 5.10 Å². The Hall–Kier alpha value is -1.45. The van der Waals surface area contributed by atoms with Crippen LogP contribution in [0.1, 0.15) is 19.2 Å². The first kappa shape index (κ1) is 7.21. The fraction of sp³-hybridized carbons (Fsp3) is 0.375. The Morgan fingerprint density at radius 3 is 3.08 bits per heavy atom. The van der Waals surface area contributed by atoms with Crippen molar-refractivity contribution in [3.63, 3.8) is 0 Å². The molecule has 0 atom stereocenters. The van der Waals surface area contributed by atoms with Gasteiger partial charge in [-0.1, -0.05) is 6.92 Å². The van der Waals surface area contributed by atoms with Gasteiger partial charge in [-0.05, 0) is 6.42 Å². The van der Waals surface area contributed by atoms with Crippen molar-refractivity contribution in [2.75, 3.05) is 0 Å². The highest BCUT2D eigenvalue weighted by atomic mass is 15.2. The molecule has 0 aliphatic rings. The first-order valence-electron chi connectivity index (χ1n) is 4.04. The van der Waals surface area contributed by atoms with Gasteiger partial charge in [0.05, 0.1) is 17.9 Å². The molecule has 0 saturated carbocycles. The Balaban J connectivity index is 2.55. The molecule has 0 bridgehead atoms. The van der Waals surface area contributed by atoms with Crippen LogP contribution in [0.3, 0.4) is 0 Å². The molecule has 0 fully saturated rings. The van der Waals surface area contributed by atoms with E-state index in [0.717, 1.165) is 24.2 Å². The molecule has 0 saturated heterocycles. The van der Waals surface area contributed by atoms with E-state index in [1.165, 1.54) is 0 Å². The highest BCUT2D eigenvalue weighted by Crippen LogP contribution is 2.04.